The van der Waals surface area contributed by atoms with Crippen molar-refractivity contribution >= 4 is 17.5 Å². The van der Waals surface area contributed by atoms with Gasteiger partial charge in [-0.25, -0.2) is 9.97 Å². The van der Waals surface area contributed by atoms with E-state index in [1.807, 2.05) is 32.9 Å². The maximum atomic E-state index is 6.27. The summed E-state index contributed by atoms with van der Waals surface area (Å²) in [6, 6.07) is 3.97. The minimum absolute atomic E-state index is 0.225. The van der Waals surface area contributed by atoms with Crippen LogP contribution >= 0.6 is 11.6 Å². The maximum Gasteiger partial charge on any atom is 0.220 e. The van der Waals surface area contributed by atoms with Crippen molar-refractivity contribution < 1.29 is 4.74 Å². The van der Waals surface area contributed by atoms with Crippen LogP contribution in [0, 0.1) is 20.8 Å². The lowest BCUT2D eigenvalue weighted by Gasteiger charge is -2.12. The summed E-state index contributed by atoms with van der Waals surface area (Å²) >= 11 is 6.27. The van der Waals surface area contributed by atoms with Gasteiger partial charge in [0.15, 0.2) is 0 Å². The zero-order chi connectivity index (χ0) is 14.2. The number of hydrogen-bond donors (Lipinski definition) is 1. The predicted molar refractivity (Wildman–Crippen MR) is 77.7 cm³/mol. The van der Waals surface area contributed by atoms with Gasteiger partial charge < -0.3 is 10.5 Å². The van der Waals surface area contributed by atoms with E-state index in [-0.39, 0.29) is 5.95 Å². The van der Waals surface area contributed by atoms with E-state index >= 15 is 0 Å². The van der Waals surface area contributed by atoms with E-state index < -0.39 is 0 Å². The molecule has 2 rings (SSSR count). The number of halogens is 1. The fourth-order valence-electron chi connectivity index (χ4n) is 2.18. The van der Waals surface area contributed by atoms with Crippen LogP contribution in [0.4, 0.5) is 5.95 Å². The van der Waals surface area contributed by atoms with E-state index in [9.17, 15) is 0 Å². The molecule has 5 heteroatoms. The first-order valence-electron chi connectivity index (χ1n) is 5.89. The first-order valence-corrected chi connectivity index (χ1v) is 6.27. The molecule has 0 aliphatic rings. The fraction of sp³-hybridized carbons (Fsp3) is 0.286. The van der Waals surface area contributed by atoms with Crippen LogP contribution in [-0.2, 0) is 0 Å². The number of hydrogen-bond acceptors (Lipinski definition) is 4. The molecule has 2 N–H and O–H groups in total. The molecule has 0 saturated heterocycles. The Balaban J connectivity index is 2.66. The lowest BCUT2D eigenvalue weighted by molar-refractivity contribution is 0.408. The van der Waals surface area contributed by atoms with Gasteiger partial charge in [0.2, 0.25) is 5.95 Å². The van der Waals surface area contributed by atoms with Crippen LogP contribution in [0.1, 0.15) is 16.8 Å². The lowest BCUT2D eigenvalue weighted by Crippen LogP contribution is -2.01. The first kappa shape index (κ1) is 13.6. The number of nitrogen functional groups attached to an aromatic ring is 1. The summed E-state index contributed by atoms with van der Waals surface area (Å²) in [4.78, 5) is 8.28. The van der Waals surface area contributed by atoms with Gasteiger partial charge in [-0.05, 0) is 44.0 Å². The number of rotatable bonds is 2. The van der Waals surface area contributed by atoms with Crippen LogP contribution in [0.3, 0.4) is 0 Å². The van der Waals surface area contributed by atoms with Crippen LogP contribution in [-0.4, -0.2) is 17.1 Å². The fourth-order valence-corrected chi connectivity index (χ4v) is 2.37. The lowest BCUT2D eigenvalue weighted by atomic mass is 10.0. The van der Waals surface area contributed by atoms with Gasteiger partial charge in [-0.15, -0.1) is 0 Å². The van der Waals surface area contributed by atoms with Crippen LogP contribution < -0.4 is 10.5 Å². The van der Waals surface area contributed by atoms with Crippen molar-refractivity contribution in [3.8, 4) is 17.0 Å². The van der Waals surface area contributed by atoms with Crippen LogP contribution in [0.5, 0.6) is 5.75 Å². The first-order chi connectivity index (χ1) is 8.93. The van der Waals surface area contributed by atoms with E-state index in [4.69, 9.17) is 22.1 Å². The number of benzene rings is 1. The number of ether oxygens (including phenoxy) is 1. The molecule has 19 heavy (non-hydrogen) atoms. The molecular formula is C14H16ClN3O. The summed E-state index contributed by atoms with van der Waals surface area (Å²) in [5.74, 6) is 1.10. The molecular weight excluding hydrogens is 262 g/mol. The monoisotopic (exact) mass is 277 g/mol. The van der Waals surface area contributed by atoms with Gasteiger partial charge in [0.25, 0.3) is 0 Å². The van der Waals surface area contributed by atoms with Gasteiger partial charge in [-0.1, -0.05) is 11.6 Å². The van der Waals surface area contributed by atoms with Gasteiger partial charge in [0, 0.05) is 5.56 Å². The van der Waals surface area contributed by atoms with Crippen molar-refractivity contribution in [3.05, 3.63) is 34.0 Å². The molecule has 0 amide bonds. The Morgan fingerprint density at radius 3 is 2.21 bits per heavy atom. The van der Waals surface area contributed by atoms with Crippen LogP contribution in [0.2, 0.25) is 5.02 Å². The highest BCUT2D eigenvalue weighted by Crippen LogP contribution is 2.33. The van der Waals surface area contributed by atoms with E-state index in [2.05, 4.69) is 9.97 Å². The SMILES string of the molecule is COc1c(C)cc(-c2nc(N)nc(C)c2Cl)cc1C. The molecule has 0 saturated carbocycles. The van der Waals surface area contributed by atoms with Crippen molar-refractivity contribution in [2.45, 2.75) is 20.8 Å². The Morgan fingerprint density at radius 2 is 1.68 bits per heavy atom. The number of nitrogens with two attached hydrogens (primary N) is 1. The predicted octanol–water partition coefficient (Wildman–Crippen LogP) is 3.31. The zero-order valence-electron chi connectivity index (χ0n) is 11.4. The van der Waals surface area contributed by atoms with Crippen molar-refractivity contribution in [1.29, 1.82) is 0 Å². The third kappa shape index (κ3) is 2.49. The highest BCUT2D eigenvalue weighted by Gasteiger charge is 2.13. The van der Waals surface area contributed by atoms with E-state index in [1.54, 1.807) is 7.11 Å². The molecule has 4 nitrogen and oxygen atoms in total. The minimum Gasteiger partial charge on any atom is -0.496 e. The molecule has 0 radical (unpaired) electrons. The summed E-state index contributed by atoms with van der Waals surface area (Å²) in [5.41, 5.74) is 10.00. The average Bonchev–Trinajstić information content (AvgIpc) is 2.33. The van der Waals surface area contributed by atoms with Crippen LogP contribution in [0.25, 0.3) is 11.3 Å². The summed E-state index contributed by atoms with van der Waals surface area (Å²) < 4.78 is 5.35. The second-order valence-electron chi connectivity index (χ2n) is 4.47. The van der Waals surface area contributed by atoms with Crippen molar-refractivity contribution in [2.24, 2.45) is 0 Å². The molecule has 0 spiro atoms. The number of anilines is 1. The van der Waals surface area contributed by atoms with E-state index in [0.717, 1.165) is 22.4 Å². The van der Waals surface area contributed by atoms with Gasteiger partial charge in [0.05, 0.1) is 23.5 Å². The molecule has 0 unspecified atom stereocenters. The van der Waals surface area contributed by atoms with Crippen molar-refractivity contribution in [1.82, 2.24) is 9.97 Å². The molecule has 0 aliphatic carbocycles. The Kier molecular flexibility index (Phi) is 3.62. The Morgan fingerprint density at radius 1 is 1.11 bits per heavy atom. The zero-order valence-corrected chi connectivity index (χ0v) is 12.2. The second-order valence-corrected chi connectivity index (χ2v) is 4.85. The van der Waals surface area contributed by atoms with E-state index in [1.165, 1.54) is 0 Å². The summed E-state index contributed by atoms with van der Waals surface area (Å²) in [5, 5.41) is 0.526. The number of aromatic nitrogens is 2. The number of methoxy groups -OCH3 is 1. The maximum absolute atomic E-state index is 6.27. The number of aryl methyl sites for hydroxylation is 3. The Labute approximate surface area is 117 Å². The molecule has 1 aromatic carbocycles. The molecule has 2 aromatic rings. The topological polar surface area (TPSA) is 61.0 Å². The molecule has 0 atom stereocenters. The second kappa shape index (κ2) is 5.05. The van der Waals surface area contributed by atoms with Gasteiger partial charge in [-0.2, -0.15) is 0 Å². The van der Waals surface area contributed by atoms with Crippen LogP contribution in [0.15, 0.2) is 12.1 Å². The molecule has 0 fully saturated rings. The van der Waals surface area contributed by atoms with Gasteiger partial charge in [0.1, 0.15) is 5.75 Å². The third-order valence-corrected chi connectivity index (χ3v) is 3.42. The van der Waals surface area contributed by atoms with Gasteiger partial charge in [-0.3, -0.25) is 0 Å². The minimum atomic E-state index is 0.225. The van der Waals surface area contributed by atoms with Gasteiger partial charge >= 0.3 is 0 Å². The standard InChI is InChI=1S/C14H16ClN3O/c1-7-5-10(6-8(2)13(7)19-4)12-11(15)9(3)17-14(16)18-12/h5-6H,1-4H3,(H2,16,17,18). The summed E-state index contributed by atoms with van der Waals surface area (Å²) in [6.07, 6.45) is 0. The smallest absolute Gasteiger partial charge is 0.220 e. The highest BCUT2D eigenvalue weighted by molar-refractivity contribution is 6.33. The molecule has 1 aromatic heterocycles. The average molecular weight is 278 g/mol. The number of nitrogens with zero attached hydrogens (tertiary/aromatic N) is 2. The highest BCUT2D eigenvalue weighted by atomic mass is 35.5. The normalized spacial score (nSPS) is 10.6. The quantitative estimate of drug-likeness (QED) is 0.915. The Hall–Kier alpha value is -1.81. The molecule has 0 bridgehead atoms. The summed E-state index contributed by atoms with van der Waals surface area (Å²) in [7, 11) is 1.66. The molecule has 100 valence electrons. The largest absolute Gasteiger partial charge is 0.496 e. The summed E-state index contributed by atoms with van der Waals surface area (Å²) in [6.45, 7) is 5.79. The molecule has 1 heterocycles. The third-order valence-electron chi connectivity index (χ3n) is 2.97. The Bertz CT molecular complexity index is 618. The molecule has 0 aliphatic heterocycles. The van der Waals surface area contributed by atoms with Crippen molar-refractivity contribution in [2.75, 3.05) is 12.8 Å². The van der Waals surface area contributed by atoms with E-state index in [0.29, 0.717) is 16.4 Å². The van der Waals surface area contributed by atoms with Crippen molar-refractivity contribution in [3.63, 3.8) is 0 Å².